The zero-order valence-corrected chi connectivity index (χ0v) is 15.2. The summed E-state index contributed by atoms with van der Waals surface area (Å²) in [6.45, 7) is 5.93. The van der Waals surface area contributed by atoms with Gasteiger partial charge >= 0.3 is 0 Å². The molecular weight excluding hydrogens is 324 g/mol. The highest BCUT2D eigenvalue weighted by atomic mass is 16.8. The summed E-state index contributed by atoms with van der Waals surface area (Å²) in [5, 5.41) is 0. The maximum absolute atomic E-state index is 12.4. The second kappa shape index (κ2) is 7.41. The van der Waals surface area contributed by atoms with E-state index in [2.05, 4.69) is 0 Å². The van der Waals surface area contributed by atoms with Gasteiger partial charge in [-0.1, -0.05) is 25.1 Å². The Bertz CT molecular complexity index is 614. The molecule has 3 rings (SSSR count). The molecule has 0 amide bonds. The van der Waals surface area contributed by atoms with Crippen molar-refractivity contribution in [1.82, 2.24) is 0 Å². The molecule has 0 radical (unpaired) electrons. The lowest BCUT2D eigenvalue weighted by Crippen LogP contribution is -2.40. The number of rotatable bonds is 7. The average molecular weight is 350 g/mol. The zero-order valence-electron chi connectivity index (χ0n) is 15.2. The molecule has 6 nitrogen and oxygen atoms in total. The third-order valence-electron chi connectivity index (χ3n) is 4.43. The summed E-state index contributed by atoms with van der Waals surface area (Å²) in [6.07, 6.45) is -0.960. The van der Waals surface area contributed by atoms with E-state index in [1.54, 1.807) is 7.11 Å². The molecular formula is C19H26O6. The quantitative estimate of drug-likeness (QED) is 0.753. The van der Waals surface area contributed by atoms with Gasteiger partial charge in [0.15, 0.2) is 17.9 Å². The fraction of sp³-hybridized carbons (Fsp3) is 0.632. The van der Waals surface area contributed by atoms with Gasteiger partial charge in [0.25, 0.3) is 0 Å². The van der Waals surface area contributed by atoms with Gasteiger partial charge in [-0.05, 0) is 26.3 Å². The number of Topliss-reactive ketones (excluding diaryl/α,β-unsaturated/α-hetero) is 1. The minimum atomic E-state index is -0.750. The Morgan fingerprint density at radius 3 is 2.72 bits per heavy atom. The predicted octanol–water partition coefficient (Wildman–Crippen LogP) is 2.83. The van der Waals surface area contributed by atoms with Crippen LogP contribution in [0.4, 0.5) is 0 Å². The topological polar surface area (TPSA) is 63.2 Å². The fourth-order valence-electron chi connectivity index (χ4n) is 3.32. The van der Waals surface area contributed by atoms with Crippen molar-refractivity contribution in [3.63, 3.8) is 0 Å². The zero-order chi connectivity index (χ0) is 18.0. The van der Waals surface area contributed by atoms with Crippen LogP contribution in [0, 0.1) is 0 Å². The number of ketones is 1. The van der Waals surface area contributed by atoms with Gasteiger partial charge in [-0.15, -0.1) is 0 Å². The van der Waals surface area contributed by atoms with E-state index in [1.165, 1.54) is 0 Å². The van der Waals surface area contributed by atoms with Crippen LogP contribution < -0.4 is 4.74 Å². The molecule has 2 fully saturated rings. The molecule has 0 aliphatic carbocycles. The number of hydrogen-bond acceptors (Lipinski definition) is 6. The second-order valence-electron chi connectivity index (χ2n) is 6.83. The highest BCUT2D eigenvalue weighted by Crippen LogP contribution is 2.39. The maximum Gasteiger partial charge on any atom is 0.190 e. The molecule has 0 bridgehead atoms. The summed E-state index contributed by atoms with van der Waals surface area (Å²) in [4.78, 5) is 12.4. The lowest BCUT2D eigenvalue weighted by molar-refractivity contribution is -0.218. The van der Waals surface area contributed by atoms with E-state index >= 15 is 0 Å². The Labute approximate surface area is 148 Å². The molecule has 6 heteroatoms. The molecule has 25 heavy (non-hydrogen) atoms. The van der Waals surface area contributed by atoms with Gasteiger partial charge in [-0.25, -0.2) is 0 Å². The highest BCUT2D eigenvalue weighted by Gasteiger charge is 2.57. The van der Waals surface area contributed by atoms with Crippen LogP contribution in [0.15, 0.2) is 24.3 Å². The minimum Gasteiger partial charge on any atom is -0.496 e. The molecule has 0 unspecified atom stereocenters. The third kappa shape index (κ3) is 3.87. The van der Waals surface area contributed by atoms with Crippen LogP contribution in [0.5, 0.6) is 5.75 Å². The average Bonchev–Trinajstić information content (AvgIpc) is 3.05. The van der Waals surface area contributed by atoms with E-state index < -0.39 is 30.4 Å². The summed E-state index contributed by atoms with van der Waals surface area (Å²) in [6, 6.07) is 7.64. The molecule has 2 saturated heterocycles. The predicted molar refractivity (Wildman–Crippen MR) is 90.2 cm³/mol. The van der Waals surface area contributed by atoms with E-state index in [4.69, 9.17) is 23.7 Å². The molecule has 0 N–H and O–H groups in total. The summed E-state index contributed by atoms with van der Waals surface area (Å²) in [7, 11) is 1.62. The Hall–Kier alpha value is -1.47. The number of benzene rings is 1. The van der Waals surface area contributed by atoms with Crippen LogP contribution in [-0.2, 0) is 30.3 Å². The fourth-order valence-corrected chi connectivity index (χ4v) is 3.32. The van der Waals surface area contributed by atoms with Crippen molar-refractivity contribution in [3.8, 4) is 5.75 Å². The first-order chi connectivity index (χ1) is 11.9. The van der Waals surface area contributed by atoms with Crippen molar-refractivity contribution >= 4 is 5.78 Å². The number of methoxy groups -OCH3 is 1. The van der Waals surface area contributed by atoms with Gasteiger partial charge in [-0.2, -0.15) is 0 Å². The Kier molecular flexibility index (Phi) is 5.43. The molecule has 2 aliphatic rings. The Morgan fingerprint density at radius 1 is 1.24 bits per heavy atom. The Balaban J connectivity index is 1.75. The number of carbonyl (C=O) groups is 1. The van der Waals surface area contributed by atoms with Gasteiger partial charge in [-0.3, -0.25) is 4.79 Å². The van der Waals surface area contributed by atoms with Crippen LogP contribution in [-0.4, -0.2) is 43.3 Å². The first-order valence-corrected chi connectivity index (χ1v) is 8.72. The molecule has 0 spiro atoms. The van der Waals surface area contributed by atoms with Gasteiger partial charge < -0.3 is 23.7 Å². The van der Waals surface area contributed by atoms with E-state index in [0.29, 0.717) is 13.0 Å². The monoisotopic (exact) mass is 350 g/mol. The highest BCUT2D eigenvalue weighted by molar-refractivity contribution is 5.84. The maximum atomic E-state index is 12.4. The van der Waals surface area contributed by atoms with Crippen LogP contribution in [0.3, 0.4) is 0 Å². The molecule has 4 atom stereocenters. The first-order valence-electron chi connectivity index (χ1n) is 8.72. The normalized spacial score (nSPS) is 30.2. The largest absolute Gasteiger partial charge is 0.496 e. The number of fused-ring (bicyclic) bond motifs is 1. The van der Waals surface area contributed by atoms with Crippen molar-refractivity contribution < 1.29 is 28.5 Å². The summed E-state index contributed by atoms with van der Waals surface area (Å²) < 4.78 is 29.0. The van der Waals surface area contributed by atoms with E-state index in [0.717, 1.165) is 17.7 Å². The van der Waals surface area contributed by atoms with E-state index in [-0.39, 0.29) is 5.78 Å². The van der Waals surface area contributed by atoms with E-state index in [9.17, 15) is 4.79 Å². The molecule has 1 aromatic rings. The van der Waals surface area contributed by atoms with Crippen LogP contribution in [0.1, 0.15) is 39.2 Å². The van der Waals surface area contributed by atoms with Gasteiger partial charge in [0.05, 0.1) is 13.7 Å². The smallest absolute Gasteiger partial charge is 0.190 e. The SMILES string of the molecule is CCCC(=O)[C@H]1O[C@@H]2OC(C)(C)O[C@@H]2[C@H]1OCc1ccccc1OC. The van der Waals surface area contributed by atoms with Gasteiger partial charge in [0.1, 0.15) is 24.1 Å². The minimum absolute atomic E-state index is 0.0203. The van der Waals surface area contributed by atoms with Crippen molar-refractivity contribution in [1.29, 1.82) is 0 Å². The lowest BCUT2D eigenvalue weighted by atomic mass is 10.0. The van der Waals surface area contributed by atoms with E-state index in [1.807, 2.05) is 45.0 Å². The second-order valence-corrected chi connectivity index (χ2v) is 6.83. The molecule has 138 valence electrons. The number of hydrogen-bond donors (Lipinski definition) is 0. The molecule has 2 heterocycles. The molecule has 0 aromatic heterocycles. The van der Waals surface area contributed by atoms with Crippen molar-refractivity contribution in [2.24, 2.45) is 0 Å². The summed E-state index contributed by atoms with van der Waals surface area (Å²) in [5.41, 5.74) is 0.910. The van der Waals surface area contributed by atoms with Crippen molar-refractivity contribution in [3.05, 3.63) is 29.8 Å². The van der Waals surface area contributed by atoms with Gasteiger partial charge in [0.2, 0.25) is 0 Å². The molecule has 1 aromatic carbocycles. The van der Waals surface area contributed by atoms with Crippen LogP contribution in [0.2, 0.25) is 0 Å². The number of ether oxygens (including phenoxy) is 5. The standard InChI is InChI=1S/C19H26O6/c1-5-8-13(20)15-16(17-18(23-15)25-19(2,3)24-17)22-11-12-9-6-7-10-14(12)21-4/h6-7,9-10,15-18H,5,8,11H2,1-4H3/t15-,16+,17-,18-/m1/s1. The number of para-hydroxylation sites is 1. The summed E-state index contributed by atoms with van der Waals surface area (Å²) >= 11 is 0. The molecule has 0 saturated carbocycles. The summed E-state index contributed by atoms with van der Waals surface area (Å²) in [5.74, 6) is 0.0189. The lowest BCUT2D eigenvalue weighted by Gasteiger charge is -2.25. The van der Waals surface area contributed by atoms with Crippen molar-refractivity contribution in [2.45, 2.75) is 70.6 Å². The van der Waals surface area contributed by atoms with Gasteiger partial charge in [0, 0.05) is 12.0 Å². The van der Waals surface area contributed by atoms with Crippen LogP contribution in [0.25, 0.3) is 0 Å². The third-order valence-corrected chi connectivity index (χ3v) is 4.43. The Morgan fingerprint density at radius 2 is 2.00 bits per heavy atom. The van der Waals surface area contributed by atoms with Crippen LogP contribution >= 0.6 is 0 Å². The molecule has 2 aliphatic heterocycles. The van der Waals surface area contributed by atoms with Crippen molar-refractivity contribution in [2.75, 3.05) is 7.11 Å². The first kappa shape index (κ1) is 18.3. The number of carbonyl (C=O) groups excluding carboxylic acids is 1.